The third-order valence-corrected chi connectivity index (χ3v) is 4.43. The number of halogens is 1. The third kappa shape index (κ3) is 4.49. The fourth-order valence-corrected chi connectivity index (χ4v) is 2.70. The average molecular weight is 365 g/mol. The molecule has 25 heavy (non-hydrogen) atoms. The number of nitrogens with two attached hydrogens (primary N) is 1. The SMILES string of the molecule is Cc1ccc(C)c(C(=O)COC(=O)c2cc(S(N)(=O)=O)ccc2F)c1. The molecule has 0 saturated heterocycles. The number of benzene rings is 2. The number of hydrogen-bond acceptors (Lipinski definition) is 5. The molecule has 0 aliphatic carbocycles. The van der Waals surface area contributed by atoms with Crippen molar-refractivity contribution in [2.24, 2.45) is 5.14 Å². The maximum Gasteiger partial charge on any atom is 0.341 e. The number of sulfonamides is 1. The first-order chi connectivity index (χ1) is 11.6. The molecule has 0 fully saturated rings. The minimum Gasteiger partial charge on any atom is -0.454 e. The molecule has 8 heteroatoms. The summed E-state index contributed by atoms with van der Waals surface area (Å²) in [4.78, 5) is 23.7. The third-order valence-electron chi connectivity index (χ3n) is 3.51. The van der Waals surface area contributed by atoms with Crippen molar-refractivity contribution in [3.63, 3.8) is 0 Å². The van der Waals surface area contributed by atoms with E-state index in [0.29, 0.717) is 11.1 Å². The number of ketones is 1. The molecule has 0 heterocycles. The number of Topliss-reactive ketones (excluding diaryl/α,β-unsaturated/α-hetero) is 1. The van der Waals surface area contributed by atoms with Gasteiger partial charge in [-0.05, 0) is 43.7 Å². The molecular weight excluding hydrogens is 349 g/mol. The molecule has 0 aliphatic heterocycles. The highest BCUT2D eigenvalue weighted by Crippen LogP contribution is 2.16. The minimum atomic E-state index is -4.10. The first-order valence-corrected chi connectivity index (χ1v) is 8.74. The van der Waals surface area contributed by atoms with Gasteiger partial charge in [-0.15, -0.1) is 0 Å². The van der Waals surface area contributed by atoms with Gasteiger partial charge in [0, 0.05) is 5.56 Å². The van der Waals surface area contributed by atoms with Gasteiger partial charge in [-0.1, -0.05) is 17.7 Å². The van der Waals surface area contributed by atoms with Crippen LogP contribution in [0.4, 0.5) is 4.39 Å². The van der Waals surface area contributed by atoms with Gasteiger partial charge < -0.3 is 4.74 Å². The van der Waals surface area contributed by atoms with Crippen molar-refractivity contribution < 1.29 is 27.1 Å². The van der Waals surface area contributed by atoms with Crippen LogP contribution < -0.4 is 5.14 Å². The Bertz CT molecular complexity index is 954. The smallest absolute Gasteiger partial charge is 0.341 e. The topological polar surface area (TPSA) is 104 Å². The monoisotopic (exact) mass is 365 g/mol. The number of ether oxygens (including phenoxy) is 1. The van der Waals surface area contributed by atoms with Crippen LogP contribution in [0.2, 0.25) is 0 Å². The second-order valence-electron chi connectivity index (χ2n) is 5.50. The van der Waals surface area contributed by atoms with Crippen molar-refractivity contribution in [3.8, 4) is 0 Å². The lowest BCUT2D eigenvalue weighted by atomic mass is 10.0. The standard InChI is InChI=1S/C17H16FNO5S/c1-10-3-4-11(2)13(7-10)16(20)9-24-17(21)14-8-12(25(19,22)23)5-6-15(14)18/h3-8H,9H2,1-2H3,(H2,19,22,23). The average Bonchev–Trinajstić information content (AvgIpc) is 2.53. The van der Waals surface area contributed by atoms with Gasteiger partial charge in [0.15, 0.2) is 6.61 Å². The number of esters is 1. The maximum absolute atomic E-state index is 13.8. The second-order valence-corrected chi connectivity index (χ2v) is 7.07. The molecule has 0 amide bonds. The Morgan fingerprint density at radius 1 is 1.08 bits per heavy atom. The first kappa shape index (κ1) is 18.8. The minimum absolute atomic E-state index is 0.395. The zero-order valence-electron chi connectivity index (χ0n) is 13.6. The fraction of sp³-hybridized carbons (Fsp3) is 0.176. The predicted octanol–water partition coefficient (Wildman–Crippen LogP) is 2.13. The van der Waals surface area contributed by atoms with Crippen LogP contribution in [0.1, 0.15) is 31.8 Å². The molecular formula is C17H16FNO5S. The van der Waals surface area contributed by atoms with Crippen LogP contribution in [-0.2, 0) is 14.8 Å². The molecule has 0 unspecified atom stereocenters. The molecule has 6 nitrogen and oxygen atoms in total. The summed E-state index contributed by atoms with van der Waals surface area (Å²) in [6, 6.07) is 7.76. The number of rotatable bonds is 5. The number of carbonyl (C=O) groups is 2. The van der Waals surface area contributed by atoms with Gasteiger partial charge in [0.1, 0.15) is 5.82 Å². The van der Waals surface area contributed by atoms with Gasteiger partial charge in [-0.25, -0.2) is 22.7 Å². The summed E-state index contributed by atoms with van der Waals surface area (Å²) in [6.07, 6.45) is 0. The summed E-state index contributed by atoms with van der Waals surface area (Å²) in [7, 11) is -4.10. The van der Waals surface area contributed by atoms with E-state index in [2.05, 4.69) is 0 Å². The van der Waals surface area contributed by atoms with Crippen LogP contribution in [0, 0.1) is 19.7 Å². The van der Waals surface area contributed by atoms with E-state index in [-0.39, 0.29) is 0 Å². The fourth-order valence-electron chi connectivity index (χ4n) is 2.16. The van der Waals surface area contributed by atoms with Crippen LogP contribution in [0.3, 0.4) is 0 Å². The van der Waals surface area contributed by atoms with Crippen molar-refractivity contribution in [3.05, 3.63) is 64.5 Å². The molecule has 2 aromatic carbocycles. The van der Waals surface area contributed by atoms with Gasteiger partial charge in [-0.2, -0.15) is 0 Å². The summed E-state index contributed by atoms with van der Waals surface area (Å²) in [6.45, 7) is 2.96. The number of carbonyl (C=O) groups excluding carboxylic acids is 2. The lowest BCUT2D eigenvalue weighted by Gasteiger charge is -2.09. The Kier molecular flexibility index (Phi) is 5.34. The Labute approximate surface area is 144 Å². The Hall–Kier alpha value is -2.58. The van der Waals surface area contributed by atoms with Crippen molar-refractivity contribution in [1.29, 1.82) is 0 Å². The van der Waals surface area contributed by atoms with E-state index < -0.39 is 44.7 Å². The van der Waals surface area contributed by atoms with Crippen molar-refractivity contribution in [1.82, 2.24) is 0 Å². The maximum atomic E-state index is 13.8. The second kappa shape index (κ2) is 7.12. The molecule has 2 rings (SSSR count). The van der Waals surface area contributed by atoms with Gasteiger partial charge >= 0.3 is 5.97 Å². The summed E-state index contributed by atoms with van der Waals surface area (Å²) >= 11 is 0. The zero-order valence-corrected chi connectivity index (χ0v) is 14.4. The van der Waals surface area contributed by atoms with E-state index >= 15 is 0 Å². The number of primary sulfonamides is 1. The van der Waals surface area contributed by atoms with Crippen LogP contribution in [0.5, 0.6) is 0 Å². The summed E-state index contributed by atoms with van der Waals surface area (Å²) in [5, 5.41) is 4.95. The number of hydrogen-bond donors (Lipinski definition) is 1. The van der Waals surface area contributed by atoms with E-state index in [1.165, 1.54) is 0 Å². The lowest BCUT2D eigenvalue weighted by Crippen LogP contribution is -2.18. The molecule has 0 saturated carbocycles. The highest BCUT2D eigenvalue weighted by Gasteiger charge is 2.19. The zero-order chi connectivity index (χ0) is 18.8. The van der Waals surface area contributed by atoms with Gasteiger partial charge in [0.2, 0.25) is 15.8 Å². The largest absolute Gasteiger partial charge is 0.454 e. The molecule has 0 spiro atoms. The highest BCUT2D eigenvalue weighted by atomic mass is 32.2. The van der Waals surface area contributed by atoms with Gasteiger partial charge in [0.25, 0.3) is 0 Å². The van der Waals surface area contributed by atoms with Gasteiger partial charge in [0.05, 0.1) is 10.5 Å². The highest BCUT2D eigenvalue weighted by molar-refractivity contribution is 7.89. The molecule has 2 aromatic rings. The van der Waals surface area contributed by atoms with Crippen LogP contribution in [0.15, 0.2) is 41.3 Å². The van der Waals surface area contributed by atoms with E-state index in [9.17, 15) is 22.4 Å². The van der Waals surface area contributed by atoms with E-state index in [1.54, 1.807) is 19.1 Å². The Balaban J connectivity index is 2.18. The molecule has 0 aromatic heterocycles. The first-order valence-electron chi connectivity index (χ1n) is 7.19. The molecule has 0 bridgehead atoms. The molecule has 0 atom stereocenters. The normalized spacial score (nSPS) is 11.2. The summed E-state index contributed by atoms with van der Waals surface area (Å²) in [5.74, 6) is -2.57. The van der Waals surface area contributed by atoms with E-state index in [1.807, 2.05) is 13.0 Å². The van der Waals surface area contributed by atoms with E-state index in [4.69, 9.17) is 9.88 Å². The number of aryl methyl sites for hydroxylation is 2. The van der Waals surface area contributed by atoms with Gasteiger partial charge in [-0.3, -0.25) is 4.79 Å². The van der Waals surface area contributed by atoms with Crippen LogP contribution in [-0.4, -0.2) is 26.8 Å². The Morgan fingerprint density at radius 3 is 2.40 bits per heavy atom. The summed E-state index contributed by atoms with van der Waals surface area (Å²) in [5.41, 5.74) is 1.37. The van der Waals surface area contributed by atoms with Crippen molar-refractivity contribution in [2.75, 3.05) is 6.61 Å². The molecule has 0 radical (unpaired) electrons. The molecule has 132 valence electrons. The molecule has 2 N–H and O–H groups in total. The Morgan fingerprint density at radius 2 is 1.76 bits per heavy atom. The lowest BCUT2D eigenvalue weighted by molar-refractivity contribution is 0.0469. The molecule has 0 aliphatic rings. The predicted molar refractivity (Wildman–Crippen MR) is 88.3 cm³/mol. The van der Waals surface area contributed by atoms with Crippen LogP contribution >= 0.6 is 0 Å². The summed E-state index contributed by atoms with van der Waals surface area (Å²) < 4.78 is 41.2. The van der Waals surface area contributed by atoms with Crippen LogP contribution in [0.25, 0.3) is 0 Å². The quantitative estimate of drug-likeness (QED) is 0.646. The van der Waals surface area contributed by atoms with Crippen molar-refractivity contribution >= 4 is 21.8 Å². The van der Waals surface area contributed by atoms with Crippen molar-refractivity contribution in [2.45, 2.75) is 18.7 Å². The van der Waals surface area contributed by atoms with E-state index in [0.717, 1.165) is 23.8 Å².